The second-order valence-electron chi connectivity index (χ2n) is 0.761. The third-order valence-electron chi connectivity index (χ3n) is 0.329. The van der Waals surface area contributed by atoms with E-state index in [2.05, 4.69) is 26.5 Å². The van der Waals surface area contributed by atoms with Crippen molar-refractivity contribution in [1.82, 2.24) is 0 Å². The van der Waals surface area contributed by atoms with Gasteiger partial charge in [-0.2, -0.15) is 0 Å². The van der Waals surface area contributed by atoms with E-state index in [4.69, 9.17) is 14.0 Å². The van der Waals surface area contributed by atoms with Crippen molar-refractivity contribution in [3.05, 3.63) is 44.8 Å². The van der Waals surface area contributed by atoms with Crippen LogP contribution in [0.25, 0.3) is 0 Å². The molecule has 0 aliphatic rings. The van der Waals surface area contributed by atoms with Gasteiger partial charge in [-0.25, -0.2) is 0 Å². The molecule has 0 aliphatic carbocycles. The van der Waals surface area contributed by atoms with Gasteiger partial charge in [0.15, 0.2) is 0 Å². The zero-order chi connectivity index (χ0) is 10.1. The van der Waals surface area contributed by atoms with Crippen molar-refractivity contribution in [1.29, 1.82) is 0 Å². The molecule has 0 N–H and O–H groups in total. The molecule has 12 heavy (non-hydrogen) atoms. The number of rotatable bonds is 1. The molecule has 0 unspecified atom stereocenters. The van der Waals surface area contributed by atoms with Crippen LogP contribution >= 0.6 is 0 Å². The largest absolute Gasteiger partial charge is 0 e. The van der Waals surface area contributed by atoms with Gasteiger partial charge in [0.25, 0.3) is 0 Å². The van der Waals surface area contributed by atoms with Crippen LogP contribution in [0.5, 0.6) is 0 Å². The van der Waals surface area contributed by atoms with Crippen LogP contribution in [0.2, 0.25) is 0 Å². The molecular weight excluding hydrogens is 200 g/mol. The molecule has 0 heterocycles. The fraction of sp³-hybridized carbons (Fsp3) is 0.125. The topological polar surface area (TPSA) is 59.7 Å². The van der Waals surface area contributed by atoms with Gasteiger partial charge in [-0.1, -0.05) is 24.8 Å². The molecule has 66 valence electrons. The smallest absolute Gasteiger partial charge is 0 e. The first kappa shape index (κ1) is 30.3. The Hall–Kier alpha value is -0.781. The monoisotopic (exact) mass is 208 g/mol. The number of hydrogen-bond donors (Lipinski definition) is 0. The summed E-state index contributed by atoms with van der Waals surface area (Å²) in [4.78, 5) is 0. The molecule has 0 saturated carbocycles. The summed E-state index contributed by atoms with van der Waals surface area (Å²) < 4.78 is 22.5. The Labute approximate surface area is 83.2 Å². The van der Waals surface area contributed by atoms with Crippen LogP contribution in [0.1, 0.15) is 6.92 Å². The Morgan fingerprint density at radius 2 is 1.25 bits per heavy atom. The second kappa shape index (κ2) is 176. The van der Waals surface area contributed by atoms with Gasteiger partial charge in [-0.05, 0) is 6.92 Å². The summed E-state index contributed by atoms with van der Waals surface area (Å²) in [5.74, 6) is 0. The summed E-state index contributed by atoms with van der Waals surface area (Å²) in [6.45, 7) is 18.9. The first-order chi connectivity index (χ1) is 5.41. The standard InChI is InChI=1S/C5H8.3CO.Fe/c1-3-5-4-2;3*1-2;/h3-5H,1H2,2H3;;;;. The fourth-order valence-corrected chi connectivity index (χ4v) is 0.136. The van der Waals surface area contributed by atoms with Gasteiger partial charge in [0.2, 0.25) is 0 Å². The molecule has 0 saturated heterocycles. The zero-order valence-corrected chi connectivity index (χ0v) is 7.62. The summed E-state index contributed by atoms with van der Waals surface area (Å²) in [6, 6.07) is 0. The van der Waals surface area contributed by atoms with E-state index in [0.29, 0.717) is 0 Å². The van der Waals surface area contributed by atoms with Gasteiger partial charge in [-0.15, -0.1) is 0 Å². The Kier molecular flexibility index (Phi) is 445. The van der Waals surface area contributed by atoms with Gasteiger partial charge in [0, 0.05) is 17.1 Å². The minimum atomic E-state index is 0. The second-order valence-corrected chi connectivity index (χ2v) is 0.761. The van der Waals surface area contributed by atoms with Crippen LogP contribution in [-0.2, 0) is 31.0 Å². The summed E-state index contributed by atoms with van der Waals surface area (Å²) >= 11 is 0. The van der Waals surface area contributed by atoms with Crippen molar-refractivity contribution in [2.75, 3.05) is 0 Å². The first-order valence-corrected chi connectivity index (χ1v) is 2.26. The normalized spacial score (nSPS) is 4.25. The molecule has 0 radical (unpaired) electrons. The van der Waals surface area contributed by atoms with E-state index in [9.17, 15) is 0 Å². The summed E-state index contributed by atoms with van der Waals surface area (Å²) in [5, 5.41) is 0. The zero-order valence-electron chi connectivity index (χ0n) is 6.52. The van der Waals surface area contributed by atoms with Crippen LogP contribution in [-0.4, -0.2) is 0 Å². The van der Waals surface area contributed by atoms with Crippen molar-refractivity contribution < 1.29 is 31.0 Å². The minimum Gasteiger partial charge on any atom is 0 e. The van der Waals surface area contributed by atoms with Crippen molar-refractivity contribution in [2.24, 2.45) is 0 Å². The van der Waals surface area contributed by atoms with E-state index in [1.165, 1.54) is 0 Å². The predicted octanol–water partition coefficient (Wildman–Crippen LogP) is 1.63. The maximum Gasteiger partial charge on any atom is 0 e. The van der Waals surface area contributed by atoms with Crippen LogP contribution in [0.4, 0.5) is 0 Å². The SMILES string of the molecule is C=CC=CC.[C-]#[O+].[C-]#[O+].[C-]#[O+].[Fe]. The third kappa shape index (κ3) is 419. The molecular formula is C8H8FeO3. The molecule has 0 atom stereocenters. The number of hydrogen-bond acceptors (Lipinski definition) is 0. The Morgan fingerprint density at radius 1 is 1.00 bits per heavy atom. The van der Waals surface area contributed by atoms with E-state index in [0.717, 1.165) is 0 Å². The average molecular weight is 208 g/mol. The van der Waals surface area contributed by atoms with E-state index in [-0.39, 0.29) is 17.1 Å². The van der Waals surface area contributed by atoms with E-state index >= 15 is 0 Å². The van der Waals surface area contributed by atoms with Crippen molar-refractivity contribution in [3.8, 4) is 0 Å². The molecule has 0 rings (SSSR count). The predicted molar refractivity (Wildman–Crippen MR) is 36.8 cm³/mol. The van der Waals surface area contributed by atoms with Crippen molar-refractivity contribution >= 4 is 0 Å². The van der Waals surface area contributed by atoms with Crippen LogP contribution in [0.15, 0.2) is 24.8 Å². The maximum atomic E-state index is 7.50. The summed E-state index contributed by atoms with van der Waals surface area (Å²) in [6.07, 6.45) is 5.58. The average Bonchev–Trinajstić information content (AvgIpc) is 2.16. The summed E-state index contributed by atoms with van der Waals surface area (Å²) in [5.41, 5.74) is 0. The van der Waals surface area contributed by atoms with Gasteiger partial charge in [-0.3, -0.25) is 0 Å². The molecule has 0 aliphatic heterocycles. The molecule has 0 amide bonds. The Morgan fingerprint density at radius 3 is 1.25 bits per heavy atom. The summed E-state index contributed by atoms with van der Waals surface area (Å²) in [7, 11) is 0. The molecule has 0 aromatic carbocycles. The molecule has 4 heteroatoms. The van der Waals surface area contributed by atoms with Crippen LogP contribution in [0, 0.1) is 20.0 Å². The van der Waals surface area contributed by atoms with E-state index in [1.807, 2.05) is 19.1 Å². The maximum absolute atomic E-state index is 7.50. The quantitative estimate of drug-likeness (QED) is 0.272. The molecule has 3 nitrogen and oxygen atoms in total. The van der Waals surface area contributed by atoms with Crippen molar-refractivity contribution in [2.45, 2.75) is 6.92 Å². The Balaban J connectivity index is -0.0000000203. The van der Waals surface area contributed by atoms with Gasteiger partial charge < -0.3 is 0 Å². The van der Waals surface area contributed by atoms with E-state index in [1.54, 1.807) is 6.08 Å². The van der Waals surface area contributed by atoms with Crippen LogP contribution in [0.3, 0.4) is 0 Å². The number of allylic oxidation sites excluding steroid dienone is 3. The van der Waals surface area contributed by atoms with Gasteiger partial charge >= 0.3 is 33.9 Å². The molecule has 0 aromatic heterocycles. The van der Waals surface area contributed by atoms with Crippen molar-refractivity contribution in [3.63, 3.8) is 0 Å². The van der Waals surface area contributed by atoms with Gasteiger partial charge in [0.05, 0.1) is 0 Å². The fourth-order valence-electron chi connectivity index (χ4n) is 0.136. The van der Waals surface area contributed by atoms with E-state index < -0.39 is 0 Å². The Bertz CT molecular complexity index is 119. The molecule has 0 spiro atoms. The van der Waals surface area contributed by atoms with Crippen LogP contribution < -0.4 is 0 Å². The minimum absolute atomic E-state index is 0. The van der Waals surface area contributed by atoms with Gasteiger partial charge in [0.1, 0.15) is 0 Å². The molecule has 0 aromatic rings. The first-order valence-electron chi connectivity index (χ1n) is 2.26. The molecule has 0 fully saturated rings. The molecule has 0 bridgehead atoms. The third-order valence-corrected chi connectivity index (χ3v) is 0.329.